The predicted octanol–water partition coefficient (Wildman–Crippen LogP) is 3.91. The standard InChI is InChI=1S/C20H18O2/c1-20(2,15-18(21)17-11-7-4-8-12-17)19(22)14-13-16-9-5-3-6-10-16/h3-12H,15H2,1-2H3. The molecule has 2 aromatic rings. The van der Waals surface area contributed by atoms with Crippen LogP contribution in [0.15, 0.2) is 60.7 Å². The topological polar surface area (TPSA) is 34.1 Å². The molecule has 22 heavy (non-hydrogen) atoms. The molecule has 0 spiro atoms. The Balaban J connectivity index is 2.08. The van der Waals surface area contributed by atoms with Gasteiger partial charge in [0.05, 0.1) is 0 Å². The summed E-state index contributed by atoms with van der Waals surface area (Å²) in [5, 5.41) is 0. The molecule has 0 N–H and O–H groups in total. The zero-order valence-corrected chi connectivity index (χ0v) is 12.8. The number of ketones is 2. The van der Waals surface area contributed by atoms with Crippen molar-refractivity contribution in [2.24, 2.45) is 5.41 Å². The second-order valence-corrected chi connectivity index (χ2v) is 5.80. The minimum atomic E-state index is -0.797. The predicted molar refractivity (Wildman–Crippen MR) is 87.5 cm³/mol. The van der Waals surface area contributed by atoms with Crippen LogP contribution < -0.4 is 0 Å². The maximum atomic E-state index is 12.3. The Hall–Kier alpha value is -2.66. The molecule has 0 aliphatic rings. The Morgan fingerprint density at radius 3 is 2.05 bits per heavy atom. The van der Waals surface area contributed by atoms with Gasteiger partial charge in [0.15, 0.2) is 5.78 Å². The second-order valence-electron chi connectivity index (χ2n) is 5.80. The van der Waals surface area contributed by atoms with Gasteiger partial charge in [-0.1, -0.05) is 68.3 Å². The highest BCUT2D eigenvalue weighted by molar-refractivity contribution is 6.05. The SMILES string of the molecule is CC(C)(CC(=O)c1ccccc1)C(=O)C#Cc1ccccc1. The van der Waals surface area contributed by atoms with Crippen LogP contribution in [0.1, 0.15) is 36.2 Å². The van der Waals surface area contributed by atoms with Crippen molar-refractivity contribution in [3.05, 3.63) is 71.8 Å². The molecule has 0 heterocycles. The van der Waals surface area contributed by atoms with Gasteiger partial charge in [0, 0.05) is 23.0 Å². The van der Waals surface area contributed by atoms with Crippen LogP contribution in [0.4, 0.5) is 0 Å². The van der Waals surface area contributed by atoms with Crippen molar-refractivity contribution in [2.45, 2.75) is 20.3 Å². The number of hydrogen-bond donors (Lipinski definition) is 0. The largest absolute Gasteiger partial charge is 0.294 e. The molecule has 0 radical (unpaired) electrons. The number of hydrogen-bond acceptors (Lipinski definition) is 2. The highest BCUT2D eigenvalue weighted by Gasteiger charge is 2.29. The molecular formula is C20H18O2. The zero-order chi connectivity index (χ0) is 16.0. The molecule has 0 saturated heterocycles. The Morgan fingerprint density at radius 1 is 0.909 bits per heavy atom. The summed E-state index contributed by atoms with van der Waals surface area (Å²) >= 11 is 0. The number of rotatable bonds is 4. The molecule has 0 atom stereocenters. The third-order valence-corrected chi connectivity index (χ3v) is 3.41. The van der Waals surface area contributed by atoms with Gasteiger partial charge in [0.25, 0.3) is 0 Å². The van der Waals surface area contributed by atoms with Gasteiger partial charge in [0.1, 0.15) is 0 Å². The van der Waals surface area contributed by atoms with Crippen LogP contribution in [0.5, 0.6) is 0 Å². The molecule has 0 amide bonds. The Morgan fingerprint density at radius 2 is 1.45 bits per heavy atom. The summed E-state index contributed by atoms with van der Waals surface area (Å²) in [5.74, 6) is 5.24. The molecular weight excluding hydrogens is 272 g/mol. The summed E-state index contributed by atoms with van der Waals surface area (Å²) < 4.78 is 0. The fraction of sp³-hybridized carbons (Fsp3) is 0.200. The highest BCUT2D eigenvalue weighted by Crippen LogP contribution is 2.24. The van der Waals surface area contributed by atoms with E-state index in [1.807, 2.05) is 48.5 Å². The van der Waals surface area contributed by atoms with E-state index in [0.717, 1.165) is 5.56 Å². The van der Waals surface area contributed by atoms with Crippen molar-refractivity contribution in [1.29, 1.82) is 0 Å². The van der Waals surface area contributed by atoms with Gasteiger partial charge < -0.3 is 0 Å². The van der Waals surface area contributed by atoms with Gasteiger partial charge in [-0.05, 0) is 18.1 Å². The van der Waals surface area contributed by atoms with Gasteiger partial charge >= 0.3 is 0 Å². The van der Waals surface area contributed by atoms with E-state index in [-0.39, 0.29) is 18.0 Å². The zero-order valence-electron chi connectivity index (χ0n) is 12.8. The van der Waals surface area contributed by atoms with Gasteiger partial charge in [-0.25, -0.2) is 0 Å². The normalized spacial score (nSPS) is 10.5. The quantitative estimate of drug-likeness (QED) is 0.632. The third-order valence-electron chi connectivity index (χ3n) is 3.41. The molecule has 0 bridgehead atoms. The lowest BCUT2D eigenvalue weighted by Gasteiger charge is -2.18. The maximum absolute atomic E-state index is 12.3. The summed E-state index contributed by atoms with van der Waals surface area (Å²) in [7, 11) is 0. The van der Waals surface area contributed by atoms with Crippen molar-refractivity contribution < 1.29 is 9.59 Å². The van der Waals surface area contributed by atoms with Crippen LogP contribution in [0.3, 0.4) is 0 Å². The molecule has 2 heteroatoms. The fourth-order valence-electron chi connectivity index (χ4n) is 2.03. The molecule has 2 aromatic carbocycles. The van der Waals surface area contributed by atoms with E-state index in [0.29, 0.717) is 5.56 Å². The molecule has 0 aromatic heterocycles. The number of Topliss-reactive ketones (excluding diaryl/α,β-unsaturated/α-hetero) is 2. The van der Waals surface area contributed by atoms with Gasteiger partial charge in [-0.15, -0.1) is 0 Å². The van der Waals surface area contributed by atoms with Crippen molar-refractivity contribution in [1.82, 2.24) is 0 Å². The molecule has 0 aliphatic carbocycles. The van der Waals surface area contributed by atoms with E-state index in [2.05, 4.69) is 11.8 Å². The Kier molecular flexibility index (Phi) is 4.91. The summed E-state index contributed by atoms with van der Waals surface area (Å²) in [6.07, 6.45) is 0.152. The fourth-order valence-corrected chi connectivity index (χ4v) is 2.03. The van der Waals surface area contributed by atoms with Crippen molar-refractivity contribution in [3.8, 4) is 11.8 Å². The van der Waals surface area contributed by atoms with Crippen molar-refractivity contribution in [3.63, 3.8) is 0 Å². The van der Waals surface area contributed by atoms with E-state index in [4.69, 9.17) is 0 Å². The molecule has 0 saturated carbocycles. The van der Waals surface area contributed by atoms with E-state index >= 15 is 0 Å². The monoisotopic (exact) mass is 290 g/mol. The minimum absolute atomic E-state index is 0.0412. The van der Waals surface area contributed by atoms with Gasteiger partial charge in [-0.3, -0.25) is 9.59 Å². The summed E-state index contributed by atoms with van der Waals surface area (Å²) in [6, 6.07) is 18.4. The lowest BCUT2D eigenvalue weighted by Crippen LogP contribution is -2.26. The summed E-state index contributed by atoms with van der Waals surface area (Å²) in [4.78, 5) is 24.5. The molecule has 110 valence electrons. The van der Waals surface area contributed by atoms with E-state index in [9.17, 15) is 9.59 Å². The number of benzene rings is 2. The molecule has 2 nitrogen and oxygen atoms in total. The first-order valence-corrected chi connectivity index (χ1v) is 7.19. The van der Waals surface area contributed by atoms with Crippen LogP contribution >= 0.6 is 0 Å². The molecule has 0 aliphatic heterocycles. The van der Waals surface area contributed by atoms with Crippen LogP contribution in [0.25, 0.3) is 0 Å². The van der Waals surface area contributed by atoms with Gasteiger partial charge in [0.2, 0.25) is 5.78 Å². The molecule has 2 rings (SSSR count). The Bertz CT molecular complexity index is 717. The van der Waals surface area contributed by atoms with Crippen LogP contribution in [0.2, 0.25) is 0 Å². The average molecular weight is 290 g/mol. The van der Waals surface area contributed by atoms with Crippen LogP contribution in [0, 0.1) is 17.3 Å². The lowest BCUT2D eigenvalue weighted by atomic mass is 9.81. The second kappa shape index (κ2) is 6.87. The van der Waals surface area contributed by atoms with E-state index in [1.165, 1.54) is 0 Å². The third kappa shape index (κ3) is 4.17. The van der Waals surface area contributed by atoms with Crippen LogP contribution in [-0.2, 0) is 4.79 Å². The Labute approximate surface area is 131 Å². The number of carbonyl (C=O) groups is 2. The average Bonchev–Trinajstić information content (AvgIpc) is 2.54. The van der Waals surface area contributed by atoms with Crippen molar-refractivity contribution >= 4 is 11.6 Å². The smallest absolute Gasteiger partial charge is 0.211 e. The lowest BCUT2D eigenvalue weighted by molar-refractivity contribution is -0.121. The maximum Gasteiger partial charge on any atom is 0.211 e. The van der Waals surface area contributed by atoms with Crippen molar-refractivity contribution in [2.75, 3.05) is 0 Å². The number of carbonyl (C=O) groups excluding carboxylic acids is 2. The first-order chi connectivity index (χ1) is 10.5. The summed E-state index contributed by atoms with van der Waals surface area (Å²) in [6.45, 7) is 3.52. The first-order valence-electron chi connectivity index (χ1n) is 7.19. The minimum Gasteiger partial charge on any atom is -0.294 e. The molecule has 0 fully saturated rings. The van der Waals surface area contributed by atoms with Crippen LogP contribution in [-0.4, -0.2) is 11.6 Å². The molecule has 0 unspecified atom stereocenters. The van der Waals surface area contributed by atoms with E-state index in [1.54, 1.807) is 26.0 Å². The van der Waals surface area contributed by atoms with Gasteiger partial charge in [-0.2, -0.15) is 0 Å². The van der Waals surface area contributed by atoms with E-state index < -0.39 is 5.41 Å². The first kappa shape index (κ1) is 15.7. The summed E-state index contributed by atoms with van der Waals surface area (Å²) in [5.41, 5.74) is 0.620. The highest BCUT2D eigenvalue weighted by atomic mass is 16.1.